The lowest BCUT2D eigenvalue weighted by atomic mass is 9.77. The maximum Gasteiger partial charge on any atom is 0.208 e. The zero-order chi connectivity index (χ0) is 14.3. The Morgan fingerprint density at radius 1 is 1.10 bits per heavy atom. The molecule has 21 heavy (non-hydrogen) atoms. The van der Waals surface area contributed by atoms with Crippen molar-refractivity contribution < 1.29 is 9.84 Å². The monoisotopic (exact) mass is 280 g/mol. The van der Waals surface area contributed by atoms with Crippen molar-refractivity contribution in [3.05, 3.63) is 65.2 Å². The van der Waals surface area contributed by atoms with Gasteiger partial charge in [0.05, 0.1) is 0 Å². The van der Waals surface area contributed by atoms with Crippen LogP contribution >= 0.6 is 0 Å². The Bertz CT molecular complexity index is 650. The summed E-state index contributed by atoms with van der Waals surface area (Å²) in [5, 5.41) is 10.6. The standard InChI is InChI=1S/C19H20O2/c20-19-11-5-9-16(13-19)17-10-4-8-15(18(17)21-19)12-14-6-2-1-3-7-14/h1-4,6-8,10,16,20H,5,9,11-13H2. The van der Waals surface area contributed by atoms with Crippen LogP contribution in [0.4, 0.5) is 0 Å². The van der Waals surface area contributed by atoms with Crippen LogP contribution in [-0.4, -0.2) is 10.9 Å². The van der Waals surface area contributed by atoms with Crippen molar-refractivity contribution in [3.8, 4) is 5.75 Å². The van der Waals surface area contributed by atoms with E-state index in [-0.39, 0.29) is 0 Å². The minimum Gasteiger partial charge on any atom is -0.462 e. The van der Waals surface area contributed by atoms with Crippen molar-refractivity contribution >= 4 is 0 Å². The first-order chi connectivity index (χ1) is 10.2. The van der Waals surface area contributed by atoms with E-state index in [4.69, 9.17) is 4.74 Å². The lowest BCUT2D eigenvalue weighted by Gasteiger charge is -2.43. The highest BCUT2D eigenvalue weighted by molar-refractivity contribution is 5.47. The number of para-hydroxylation sites is 1. The molecule has 2 unspecified atom stereocenters. The van der Waals surface area contributed by atoms with Crippen LogP contribution in [0.25, 0.3) is 0 Å². The molecule has 2 atom stereocenters. The van der Waals surface area contributed by atoms with Crippen LogP contribution in [0.15, 0.2) is 48.5 Å². The average Bonchev–Trinajstić information content (AvgIpc) is 2.49. The Kier molecular flexibility index (Phi) is 3.00. The third-order valence-corrected chi connectivity index (χ3v) is 4.78. The molecule has 0 aromatic heterocycles. The molecule has 0 saturated heterocycles. The van der Waals surface area contributed by atoms with Crippen LogP contribution in [0.5, 0.6) is 5.75 Å². The first-order valence-electron chi connectivity index (χ1n) is 7.81. The number of aliphatic hydroxyl groups is 1. The van der Waals surface area contributed by atoms with Crippen LogP contribution < -0.4 is 4.74 Å². The zero-order valence-corrected chi connectivity index (χ0v) is 12.1. The highest BCUT2D eigenvalue weighted by atomic mass is 16.6. The van der Waals surface area contributed by atoms with E-state index in [1.54, 1.807) is 0 Å². The second-order valence-corrected chi connectivity index (χ2v) is 6.34. The van der Waals surface area contributed by atoms with Gasteiger partial charge in [0, 0.05) is 19.3 Å². The summed E-state index contributed by atoms with van der Waals surface area (Å²) in [6, 6.07) is 16.8. The Morgan fingerprint density at radius 2 is 1.95 bits per heavy atom. The van der Waals surface area contributed by atoms with Gasteiger partial charge in [-0.15, -0.1) is 0 Å². The van der Waals surface area contributed by atoms with E-state index in [0.29, 0.717) is 5.92 Å². The van der Waals surface area contributed by atoms with Gasteiger partial charge in [-0.05, 0) is 35.4 Å². The van der Waals surface area contributed by atoms with Gasteiger partial charge in [-0.3, -0.25) is 0 Å². The molecule has 2 aromatic carbocycles. The van der Waals surface area contributed by atoms with E-state index in [2.05, 4.69) is 42.5 Å². The van der Waals surface area contributed by atoms with Crippen LogP contribution in [0.3, 0.4) is 0 Å². The van der Waals surface area contributed by atoms with Crippen molar-refractivity contribution in [1.29, 1.82) is 0 Å². The minimum absolute atomic E-state index is 0.447. The Hall–Kier alpha value is -1.80. The molecule has 4 rings (SSSR count). The first kappa shape index (κ1) is 12.9. The topological polar surface area (TPSA) is 29.5 Å². The van der Waals surface area contributed by atoms with Crippen molar-refractivity contribution in [1.82, 2.24) is 0 Å². The number of fused-ring (bicyclic) bond motifs is 4. The van der Waals surface area contributed by atoms with Crippen molar-refractivity contribution in [2.24, 2.45) is 0 Å². The maximum atomic E-state index is 10.6. The van der Waals surface area contributed by atoms with Crippen molar-refractivity contribution in [3.63, 3.8) is 0 Å². The van der Waals surface area contributed by atoms with Gasteiger partial charge in [-0.2, -0.15) is 0 Å². The van der Waals surface area contributed by atoms with Crippen molar-refractivity contribution in [2.75, 3.05) is 0 Å². The van der Waals surface area contributed by atoms with Gasteiger partial charge >= 0.3 is 0 Å². The molecule has 0 spiro atoms. The Labute approximate surface area is 125 Å². The molecular formula is C19H20O2. The summed E-state index contributed by atoms with van der Waals surface area (Å²) in [5.74, 6) is 0.436. The van der Waals surface area contributed by atoms with Gasteiger partial charge in [0.25, 0.3) is 0 Å². The summed E-state index contributed by atoms with van der Waals surface area (Å²) < 4.78 is 6.05. The summed E-state index contributed by atoms with van der Waals surface area (Å²) in [7, 11) is 0. The predicted octanol–water partition coefficient (Wildman–Crippen LogP) is 4.02. The number of ether oxygens (including phenoxy) is 1. The largest absolute Gasteiger partial charge is 0.462 e. The summed E-state index contributed by atoms with van der Waals surface area (Å²) >= 11 is 0. The molecule has 1 fully saturated rings. The molecule has 2 bridgehead atoms. The van der Waals surface area contributed by atoms with Crippen molar-refractivity contribution in [2.45, 2.75) is 43.8 Å². The third kappa shape index (κ3) is 2.34. The van der Waals surface area contributed by atoms with E-state index in [0.717, 1.165) is 37.9 Å². The summed E-state index contributed by atoms with van der Waals surface area (Å²) in [5.41, 5.74) is 3.74. The molecule has 1 aliphatic heterocycles. The lowest BCUT2D eigenvalue weighted by Crippen LogP contribution is -2.43. The molecular weight excluding hydrogens is 260 g/mol. The molecule has 108 valence electrons. The molecule has 2 heteroatoms. The fraction of sp³-hybridized carbons (Fsp3) is 0.368. The smallest absolute Gasteiger partial charge is 0.208 e. The number of benzene rings is 2. The maximum absolute atomic E-state index is 10.6. The van der Waals surface area contributed by atoms with E-state index in [1.807, 2.05) is 6.07 Å². The fourth-order valence-electron chi connectivity index (χ4n) is 3.77. The average molecular weight is 280 g/mol. The van der Waals surface area contributed by atoms with Gasteiger partial charge in [0.15, 0.2) is 0 Å². The number of hydrogen-bond donors (Lipinski definition) is 1. The number of rotatable bonds is 2. The molecule has 2 aliphatic rings. The second kappa shape index (κ2) is 4.88. The fourth-order valence-corrected chi connectivity index (χ4v) is 3.77. The van der Waals surface area contributed by atoms with Crippen LogP contribution in [0.2, 0.25) is 0 Å². The van der Waals surface area contributed by atoms with Gasteiger partial charge in [-0.1, -0.05) is 48.5 Å². The quantitative estimate of drug-likeness (QED) is 0.900. The van der Waals surface area contributed by atoms with Crippen LogP contribution in [0, 0.1) is 0 Å². The Balaban J connectivity index is 1.74. The first-order valence-corrected chi connectivity index (χ1v) is 7.81. The summed E-state index contributed by atoms with van der Waals surface area (Å²) in [6.07, 6.45) is 4.56. The highest BCUT2D eigenvalue weighted by Crippen LogP contribution is 2.49. The van der Waals surface area contributed by atoms with E-state index in [9.17, 15) is 5.11 Å². The zero-order valence-electron chi connectivity index (χ0n) is 12.1. The predicted molar refractivity (Wildman–Crippen MR) is 82.5 cm³/mol. The number of hydrogen-bond acceptors (Lipinski definition) is 2. The second-order valence-electron chi connectivity index (χ2n) is 6.34. The lowest BCUT2D eigenvalue weighted by molar-refractivity contribution is -0.172. The molecule has 0 radical (unpaired) electrons. The van der Waals surface area contributed by atoms with Gasteiger partial charge in [0.2, 0.25) is 5.79 Å². The molecule has 1 saturated carbocycles. The summed E-state index contributed by atoms with van der Waals surface area (Å²) in [4.78, 5) is 0. The molecule has 2 aromatic rings. The highest BCUT2D eigenvalue weighted by Gasteiger charge is 2.42. The van der Waals surface area contributed by atoms with E-state index < -0.39 is 5.79 Å². The minimum atomic E-state index is -0.942. The third-order valence-electron chi connectivity index (χ3n) is 4.78. The van der Waals surface area contributed by atoms with E-state index in [1.165, 1.54) is 16.7 Å². The molecule has 0 amide bonds. The normalized spacial score (nSPS) is 26.8. The van der Waals surface area contributed by atoms with Crippen LogP contribution in [0.1, 0.15) is 48.3 Å². The van der Waals surface area contributed by atoms with Gasteiger partial charge < -0.3 is 9.84 Å². The Morgan fingerprint density at radius 3 is 2.81 bits per heavy atom. The van der Waals surface area contributed by atoms with E-state index >= 15 is 0 Å². The van der Waals surface area contributed by atoms with Crippen LogP contribution in [-0.2, 0) is 6.42 Å². The molecule has 1 heterocycles. The van der Waals surface area contributed by atoms with Gasteiger partial charge in [0.1, 0.15) is 5.75 Å². The summed E-state index contributed by atoms with van der Waals surface area (Å²) in [6.45, 7) is 0. The molecule has 1 aliphatic carbocycles. The van der Waals surface area contributed by atoms with Gasteiger partial charge in [-0.25, -0.2) is 0 Å². The molecule has 1 N–H and O–H groups in total. The molecule has 2 nitrogen and oxygen atoms in total. The SMILES string of the molecule is OC12CCCC(C1)c1cccc(Cc3ccccc3)c1O2.